The Hall–Kier alpha value is -4.98. The summed E-state index contributed by atoms with van der Waals surface area (Å²) in [5, 5.41) is 16.6. The zero-order valence-electron chi connectivity index (χ0n) is 31.7. The van der Waals surface area contributed by atoms with Gasteiger partial charge in [-0.2, -0.15) is 4.98 Å². The molecule has 0 aliphatic carbocycles. The van der Waals surface area contributed by atoms with Crippen LogP contribution in [0.15, 0.2) is 42.6 Å². The average molecular weight is 721 g/mol. The highest BCUT2D eigenvalue weighted by Crippen LogP contribution is 2.36. The lowest BCUT2D eigenvalue weighted by molar-refractivity contribution is 0.0266. The molecule has 1 aliphatic heterocycles. The number of rotatable bonds is 15. The van der Waals surface area contributed by atoms with Crippen LogP contribution in [0, 0.1) is 5.92 Å². The largest absolute Gasteiger partial charge is 0.497 e. The van der Waals surface area contributed by atoms with Crippen molar-refractivity contribution in [3.63, 3.8) is 0 Å². The molecule has 1 aliphatic rings. The van der Waals surface area contributed by atoms with E-state index in [4.69, 9.17) is 43.5 Å². The third kappa shape index (κ3) is 8.90. The lowest BCUT2D eigenvalue weighted by atomic mass is 9.99. The fourth-order valence-electron chi connectivity index (χ4n) is 6.33. The van der Waals surface area contributed by atoms with E-state index in [1.54, 1.807) is 44.1 Å². The van der Waals surface area contributed by atoms with E-state index in [1.807, 2.05) is 69.0 Å². The number of imidazole rings is 1. The fraction of sp³-hybridized carbons (Fsp3) is 0.526. The minimum absolute atomic E-state index is 0.144. The van der Waals surface area contributed by atoms with E-state index < -0.39 is 17.8 Å². The quantitative estimate of drug-likeness (QED) is 0.149. The predicted octanol–water partition coefficient (Wildman–Crippen LogP) is 6.22. The zero-order chi connectivity index (χ0) is 37.6. The van der Waals surface area contributed by atoms with Crippen molar-refractivity contribution in [1.29, 1.82) is 0 Å². The van der Waals surface area contributed by atoms with Gasteiger partial charge in [-0.1, -0.05) is 13.3 Å². The first kappa shape index (κ1) is 38.3. The number of aliphatic hydroxyl groups is 1. The first-order chi connectivity index (χ1) is 24.9. The molecule has 14 heteroatoms. The van der Waals surface area contributed by atoms with Crippen molar-refractivity contribution < 1.29 is 38.3 Å². The van der Waals surface area contributed by atoms with Gasteiger partial charge in [-0.15, -0.1) is 5.10 Å². The maximum Gasteiger partial charge on any atom is 0.410 e. The van der Waals surface area contributed by atoms with Crippen molar-refractivity contribution >= 4 is 17.6 Å². The number of fused-ring (bicyclic) bond motifs is 1. The molecule has 1 N–H and O–H groups in total. The Bertz CT molecular complexity index is 1770. The monoisotopic (exact) mass is 720 g/mol. The van der Waals surface area contributed by atoms with E-state index in [0.717, 1.165) is 24.0 Å². The lowest BCUT2D eigenvalue weighted by Crippen LogP contribution is -2.35. The molecule has 2 aromatic heterocycles. The van der Waals surface area contributed by atoms with Crippen LogP contribution in [-0.4, -0.2) is 88.9 Å². The van der Waals surface area contributed by atoms with E-state index >= 15 is 0 Å². The van der Waals surface area contributed by atoms with Crippen molar-refractivity contribution in [3.8, 4) is 29.0 Å². The van der Waals surface area contributed by atoms with Gasteiger partial charge in [-0.25, -0.2) is 14.3 Å². The Morgan fingerprint density at radius 1 is 0.981 bits per heavy atom. The first-order valence-electron chi connectivity index (χ1n) is 17.6. The molecular weight excluding hydrogens is 668 g/mol. The van der Waals surface area contributed by atoms with Crippen LogP contribution in [0.2, 0.25) is 0 Å². The lowest BCUT2D eigenvalue weighted by Gasteiger charge is -2.27. The number of carbonyl (C=O) groups is 1. The van der Waals surface area contributed by atoms with Gasteiger partial charge in [0.25, 0.3) is 0 Å². The molecule has 0 saturated carbocycles. The van der Waals surface area contributed by atoms with E-state index in [9.17, 15) is 9.90 Å². The van der Waals surface area contributed by atoms with Crippen LogP contribution >= 0.6 is 0 Å². The molecule has 4 aromatic rings. The van der Waals surface area contributed by atoms with E-state index in [2.05, 4.69) is 6.92 Å². The molecule has 1 fully saturated rings. The third-order valence-corrected chi connectivity index (χ3v) is 8.99. The standard InChI is InChI=1S/C38H52N6O8/c1-10-11-24(2)51-36-40-35(34-39-20-30(44(34)41-36)33(45)27-16-17-42(23-27)37(46)52-38(3,4)5)43(21-25-12-14-28(47-6)18-31(25)49-8)22-26-13-15-29(48-7)19-32(26)50-9/h12-15,18-20,24,27,33,45H,10-11,16-17,21-23H2,1-9H3/t24-,27?,33?/m0/s1. The van der Waals surface area contributed by atoms with E-state index in [-0.39, 0.29) is 18.0 Å². The molecule has 3 heterocycles. The Labute approximate surface area is 305 Å². The second-order valence-electron chi connectivity index (χ2n) is 14.0. The van der Waals surface area contributed by atoms with Crippen molar-refractivity contribution in [2.75, 3.05) is 46.4 Å². The van der Waals surface area contributed by atoms with Gasteiger partial charge in [-0.05, 0) is 64.8 Å². The number of nitrogens with zero attached hydrogens (tertiary/aromatic N) is 6. The van der Waals surface area contributed by atoms with E-state index in [0.29, 0.717) is 72.8 Å². The Morgan fingerprint density at radius 3 is 2.13 bits per heavy atom. The van der Waals surface area contributed by atoms with Crippen molar-refractivity contribution in [3.05, 3.63) is 59.4 Å². The summed E-state index contributed by atoms with van der Waals surface area (Å²) in [5.41, 5.74) is 2.01. The summed E-state index contributed by atoms with van der Waals surface area (Å²) >= 11 is 0. The first-order valence-corrected chi connectivity index (χ1v) is 17.6. The number of aliphatic hydroxyl groups excluding tert-OH is 1. The number of hydrogen-bond acceptors (Lipinski definition) is 12. The van der Waals surface area contributed by atoms with Crippen LogP contribution < -0.4 is 28.6 Å². The third-order valence-electron chi connectivity index (χ3n) is 8.99. The summed E-state index contributed by atoms with van der Waals surface area (Å²) in [6.07, 6.45) is 2.38. The molecule has 1 saturated heterocycles. The number of carbonyl (C=O) groups excluding carboxylic acids is 1. The Kier molecular flexibility index (Phi) is 12.2. The summed E-state index contributed by atoms with van der Waals surface area (Å²) in [5.74, 6) is 2.82. The van der Waals surface area contributed by atoms with Gasteiger partial charge >= 0.3 is 12.1 Å². The number of methoxy groups -OCH3 is 4. The van der Waals surface area contributed by atoms with Gasteiger partial charge in [0.05, 0.1) is 46.4 Å². The number of likely N-dealkylation sites (tertiary alicyclic amines) is 1. The molecule has 2 unspecified atom stereocenters. The van der Waals surface area contributed by atoms with Gasteiger partial charge in [0.15, 0.2) is 11.5 Å². The topological polar surface area (TPSA) is 142 Å². The smallest absolute Gasteiger partial charge is 0.410 e. The number of benzene rings is 2. The molecule has 1 amide bonds. The summed E-state index contributed by atoms with van der Waals surface area (Å²) in [7, 11) is 6.46. The highest BCUT2D eigenvalue weighted by atomic mass is 16.6. The SMILES string of the molecule is CCC[C@H](C)Oc1nc(N(Cc2ccc(OC)cc2OC)Cc2ccc(OC)cc2OC)c2ncc(C(O)C3CCN(C(=O)OC(C)(C)C)C3)n2n1. The molecular formula is C38H52N6O8. The summed E-state index contributed by atoms with van der Waals surface area (Å²) < 4.78 is 36.0. The molecule has 0 spiro atoms. The maximum absolute atomic E-state index is 12.8. The molecule has 2 aromatic carbocycles. The fourth-order valence-corrected chi connectivity index (χ4v) is 6.33. The number of hydrogen-bond donors (Lipinski definition) is 1. The molecule has 282 valence electrons. The molecule has 3 atom stereocenters. The Morgan fingerprint density at radius 2 is 1.60 bits per heavy atom. The second-order valence-corrected chi connectivity index (χ2v) is 14.0. The molecule has 14 nitrogen and oxygen atoms in total. The van der Waals surface area contributed by atoms with Crippen molar-refractivity contribution in [1.82, 2.24) is 24.5 Å². The molecule has 5 rings (SSSR count). The predicted molar refractivity (Wildman–Crippen MR) is 196 cm³/mol. The van der Waals surface area contributed by atoms with Crippen LogP contribution in [0.25, 0.3) is 5.65 Å². The maximum atomic E-state index is 12.8. The number of aromatic nitrogens is 4. The minimum atomic E-state index is -0.983. The van der Waals surface area contributed by atoms with Crippen LogP contribution in [0.4, 0.5) is 10.6 Å². The second kappa shape index (κ2) is 16.6. The van der Waals surface area contributed by atoms with Crippen LogP contribution in [-0.2, 0) is 17.8 Å². The molecule has 0 bridgehead atoms. The normalized spacial score (nSPS) is 15.7. The number of anilines is 1. The van der Waals surface area contributed by atoms with Crippen LogP contribution in [0.1, 0.15) is 76.8 Å². The summed E-state index contributed by atoms with van der Waals surface area (Å²) in [6, 6.07) is 11.5. The highest BCUT2D eigenvalue weighted by molar-refractivity contribution is 5.68. The Balaban J connectivity index is 1.60. The molecule has 0 radical (unpaired) electrons. The van der Waals surface area contributed by atoms with Crippen molar-refractivity contribution in [2.24, 2.45) is 5.92 Å². The number of ether oxygens (including phenoxy) is 6. The van der Waals surface area contributed by atoms with Gasteiger partial charge in [0, 0.05) is 55.4 Å². The highest BCUT2D eigenvalue weighted by Gasteiger charge is 2.36. The zero-order valence-corrected chi connectivity index (χ0v) is 31.7. The van der Waals surface area contributed by atoms with Crippen LogP contribution in [0.3, 0.4) is 0 Å². The number of amides is 1. The van der Waals surface area contributed by atoms with Gasteiger partial charge in [-0.3, -0.25) is 0 Å². The van der Waals surface area contributed by atoms with Crippen molar-refractivity contribution in [2.45, 2.75) is 84.8 Å². The van der Waals surface area contributed by atoms with Gasteiger partial charge < -0.3 is 43.3 Å². The van der Waals surface area contributed by atoms with Gasteiger partial charge in [0.2, 0.25) is 0 Å². The average Bonchev–Trinajstić information content (AvgIpc) is 3.79. The van der Waals surface area contributed by atoms with Gasteiger partial charge in [0.1, 0.15) is 34.7 Å². The van der Waals surface area contributed by atoms with E-state index in [1.165, 1.54) is 0 Å². The minimum Gasteiger partial charge on any atom is -0.497 e. The summed E-state index contributed by atoms with van der Waals surface area (Å²) in [6.45, 7) is 11.1. The summed E-state index contributed by atoms with van der Waals surface area (Å²) in [4.78, 5) is 26.3. The van der Waals surface area contributed by atoms with Crippen LogP contribution in [0.5, 0.6) is 29.0 Å². The molecule has 52 heavy (non-hydrogen) atoms.